The Hall–Kier alpha value is -1.29. The number of aliphatic hydroxyl groups is 1. The van der Waals surface area contributed by atoms with Crippen molar-refractivity contribution in [1.82, 2.24) is 4.98 Å². The molecule has 0 amide bonds. The lowest BCUT2D eigenvalue weighted by molar-refractivity contribution is 0.213. The van der Waals surface area contributed by atoms with E-state index in [1.54, 1.807) is 6.20 Å². The van der Waals surface area contributed by atoms with Gasteiger partial charge < -0.3 is 15.2 Å². The number of ether oxygens (including phenoxy) is 1. The number of nitrogens with one attached hydrogen (secondary N) is 1. The molecule has 0 unspecified atom stereocenters. The number of pyridine rings is 1. The lowest BCUT2D eigenvalue weighted by Crippen LogP contribution is -2.39. The Labute approximate surface area is 102 Å². The molecule has 0 radical (unpaired) electrons. The fraction of sp³-hybridized carbons (Fsp3) is 0.615. The Morgan fingerprint density at radius 3 is 2.88 bits per heavy atom. The summed E-state index contributed by atoms with van der Waals surface area (Å²) in [4.78, 5) is 4.31. The third-order valence-electron chi connectivity index (χ3n) is 3.32. The molecular weight excluding hydrogens is 216 g/mol. The summed E-state index contributed by atoms with van der Waals surface area (Å²) in [6.45, 7) is 2.72. The van der Waals surface area contributed by atoms with Gasteiger partial charge in [0.05, 0.1) is 18.8 Å². The SMILES string of the molecule is CCOc1cccnc1NC1(CO)CCCC1. The number of hydrogen-bond donors (Lipinski definition) is 2. The maximum Gasteiger partial charge on any atom is 0.169 e. The molecule has 4 heteroatoms. The zero-order valence-corrected chi connectivity index (χ0v) is 10.3. The largest absolute Gasteiger partial charge is 0.490 e. The number of aromatic nitrogens is 1. The predicted molar refractivity (Wildman–Crippen MR) is 67.3 cm³/mol. The van der Waals surface area contributed by atoms with Gasteiger partial charge in [0.25, 0.3) is 0 Å². The van der Waals surface area contributed by atoms with Gasteiger partial charge in [-0.1, -0.05) is 12.8 Å². The van der Waals surface area contributed by atoms with E-state index in [2.05, 4.69) is 10.3 Å². The quantitative estimate of drug-likeness (QED) is 0.823. The molecule has 2 N–H and O–H groups in total. The summed E-state index contributed by atoms with van der Waals surface area (Å²) in [5.41, 5.74) is -0.208. The number of anilines is 1. The third kappa shape index (κ3) is 2.69. The molecule has 2 rings (SSSR count). The van der Waals surface area contributed by atoms with Crippen molar-refractivity contribution in [2.24, 2.45) is 0 Å². The number of nitrogens with zero attached hydrogens (tertiary/aromatic N) is 1. The van der Waals surface area contributed by atoms with Gasteiger partial charge in [0, 0.05) is 6.20 Å². The third-order valence-corrected chi connectivity index (χ3v) is 3.32. The molecule has 0 saturated heterocycles. The smallest absolute Gasteiger partial charge is 0.169 e. The summed E-state index contributed by atoms with van der Waals surface area (Å²) in [7, 11) is 0. The van der Waals surface area contributed by atoms with E-state index < -0.39 is 0 Å². The van der Waals surface area contributed by atoms with Crippen molar-refractivity contribution in [1.29, 1.82) is 0 Å². The van der Waals surface area contributed by atoms with Crippen LogP contribution >= 0.6 is 0 Å². The highest BCUT2D eigenvalue weighted by atomic mass is 16.5. The Bertz CT molecular complexity index is 362. The van der Waals surface area contributed by atoms with Crippen molar-refractivity contribution in [2.45, 2.75) is 38.1 Å². The van der Waals surface area contributed by atoms with Gasteiger partial charge in [0.2, 0.25) is 0 Å². The summed E-state index contributed by atoms with van der Waals surface area (Å²) in [6.07, 6.45) is 6.04. The summed E-state index contributed by atoms with van der Waals surface area (Å²) in [5, 5.41) is 12.9. The molecule has 0 atom stereocenters. The first kappa shape index (κ1) is 12.2. The van der Waals surface area contributed by atoms with E-state index in [-0.39, 0.29) is 12.1 Å². The highest BCUT2D eigenvalue weighted by Gasteiger charge is 2.34. The van der Waals surface area contributed by atoms with Gasteiger partial charge in [-0.25, -0.2) is 4.98 Å². The summed E-state index contributed by atoms with van der Waals surface area (Å²) in [5.74, 6) is 1.50. The monoisotopic (exact) mass is 236 g/mol. The van der Waals surface area contributed by atoms with Crippen LogP contribution in [-0.4, -0.2) is 28.8 Å². The van der Waals surface area contributed by atoms with E-state index >= 15 is 0 Å². The average Bonchev–Trinajstić information content (AvgIpc) is 2.81. The Balaban J connectivity index is 2.16. The van der Waals surface area contributed by atoms with Gasteiger partial charge in [0.1, 0.15) is 0 Å². The second kappa shape index (κ2) is 5.36. The van der Waals surface area contributed by atoms with Gasteiger partial charge in [-0.2, -0.15) is 0 Å². The first-order chi connectivity index (χ1) is 8.29. The first-order valence-corrected chi connectivity index (χ1v) is 6.26. The maximum absolute atomic E-state index is 9.57. The molecule has 1 aromatic rings. The van der Waals surface area contributed by atoms with Crippen molar-refractivity contribution in [3.63, 3.8) is 0 Å². The fourth-order valence-corrected chi connectivity index (χ4v) is 2.38. The number of aliphatic hydroxyl groups excluding tert-OH is 1. The van der Waals surface area contributed by atoms with Crippen molar-refractivity contribution in [3.05, 3.63) is 18.3 Å². The molecule has 1 fully saturated rings. The molecule has 17 heavy (non-hydrogen) atoms. The van der Waals surface area contributed by atoms with Crippen LogP contribution in [0.3, 0.4) is 0 Å². The van der Waals surface area contributed by atoms with Crippen LogP contribution in [0.2, 0.25) is 0 Å². The Morgan fingerprint density at radius 2 is 2.24 bits per heavy atom. The molecule has 1 aromatic heterocycles. The number of rotatable bonds is 5. The van der Waals surface area contributed by atoms with Crippen LogP contribution in [0.25, 0.3) is 0 Å². The van der Waals surface area contributed by atoms with E-state index in [1.807, 2.05) is 19.1 Å². The molecular formula is C13H20N2O2. The zero-order valence-electron chi connectivity index (χ0n) is 10.3. The van der Waals surface area contributed by atoms with Crippen molar-refractivity contribution in [3.8, 4) is 5.75 Å². The van der Waals surface area contributed by atoms with Crippen molar-refractivity contribution in [2.75, 3.05) is 18.5 Å². The van der Waals surface area contributed by atoms with E-state index in [0.717, 1.165) is 37.3 Å². The van der Waals surface area contributed by atoms with E-state index in [1.165, 1.54) is 0 Å². The lowest BCUT2D eigenvalue weighted by Gasteiger charge is -2.29. The lowest BCUT2D eigenvalue weighted by atomic mass is 9.99. The molecule has 0 aliphatic heterocycles. The van der Waals surface area contributed by atoms with E-state index in [0.29, 0.717) is 6.61 Å². The van der Waals surface area contributed by atoms with Gasteiger partial charge in [-0.3, -0.25) is 0 Å². The van der Waals surface area contributed by atoms with Crippen molar-refractivity contribution < 1.29 is 9.84 Å². The second-order valence-electron chi connectivity index (χ2n) is 4.55. The fourth-order valence-electron chi connectivity index (χ4n) is 2.38. The van der Waals surface area contributed by atoms with Crippen molar-refractivity contribution >= 4 is 5.82 Å². The predicted octanol–water partition coefficient (Wildman–Crippen LogP) is 2.20. The van der Waals surface area contributed by atoms with Crippen LogP contribution < -0.4 is 10.1 Å². The second-order valence-corrected chi connectivity index (χ2v) is 4.55. The Kier molecular flexibility index (Phi) is 3.84. The average molecular weight is 236 g/mol. The van der Waals surface area contributed by atoms with Crippen LogP contribution in [0.1, 0.15) is 32.6 Å². The molecule has 94 valence electrons. The van der Waals surface area contributed by atoms with E-state index in [9.17, 15) is 5.11 Å². The van der Waals surface area contributed by atoms with E-state index in [4.69, 9.17) is 4.74 Å². The van der Waals surface area contributed by atoms with Crippen LogP contribution in [0.4, 0.5) is 5.82 Å². The van der Waals surface area contributed by atoms with Gasteiger partial charge in [-0.15, -0.1) is 0 Å². The van der Waals surface area contributed by atoms with Gasteiger partial charge in [0.15, 0.2) is 11.6 Å². The molecule has 1 heterocycles. The minimum Gasteiger partial charge on any atom is -0.490 e. The summed E-state index contributed by atoms with van der Waals surface area (Å²) in [6, 6.07) is 3.76. The minimum atomic E-state index is -0.208. The Morgan fingerprint density at radius 1 is 1.47 bits per heavy atom. The highest BCUT2D eigenvalue weighted by Crippen LogP contribution is 2.34. The zero-order chi connectivity index (χ0) is 12.1. The molecule has 0 spiro atoms. The topological polar surface area (TPSA) is 54.4 Å². The summed E-state index contributed by atoms with van der Waals surface area (Å²) >= 11 is 0. The van der Waals surface area contributed by atoms with Crippen LogP contribution in [0, 0.1) is 0 Å². The molecule has 0 bridgehead atoms. The highest BCUT2D eigenvalue weighted by molar-refractivity contribution is 5.51. The molecule has 1 aliphatic rings. The van der Waals surface area contributed by atoms with Crippen LogP contribution in [-0.2, 0) is 0 Å². The molecule has 0 aromatic carbocycles. The molecule has 1 aliphatic carbocycles. The molecule has 4 nitrogen and oxygen atoms in total. The first-order valence-electron chi connectivity index (χ1n) is 6.26. The normalized spacial score (nSPS) is 18.0. The maximum atomic E-state index is 9.57. The minimum absolute atomic E-state index is 0.148. The molecule has 1 saturated carbocycles. The standard InChI is InChI=1S/C13H20N2O2/c1-2-17-11-6-5-9-14-12(11)15-13(10-16)7-3-4-8-13/h5-6,9,16H,2-4,7-8,10H2,1H3,(H,14,15). The number of hydrogen-bond acceptors (Lipinski definition) is 4. The van der Waals surface area contributed by atoms with Gasteiger partial charge in [-0.05, 0) is 31.9 Å². The van der Waals surface area contributed by atoms with Crippen LogP contribution in [0.5, 0.6) is 5.75 Å². The summed E-state index contributed by atoms with van der Waals surface area (Å²) < 4.78 is 5.53. The van der Waals surface area contributed by atoms with Gasteiger partial charge >= 0.3 is 0 Å². The van der Waals surface area contributed by atoms with Crippen LogP contribution in [0.15, 0.2) is 18.3 Å².